The van der Waals surface area contributed by atoms with Crippen LogP contribution in [-0.2, 0) is 15.0 Å². The van der Waals surface area contributed by atoms with E-state index >= 15 is 0 Å². The number of phenols is 1. The lowest BCUT2D eigenvalue weighted by Gasteiger charge is -2.52. The maximum Gasteiger partial charge on any atom is 0.293 e. The van der Waals surface area contributed by atoms with Crippen LogP contribution in [0.1, 0.15) is 38.5 Å². The predicted molar refractivity (Wildman–Crippen MR) is 159 cm³/mol. The number of nitrogens with zero attached hydrogens (tertiary/aromatic N) is 4. The minimum Gasteiger partial charge on any atom is -0.507 e. The van der Waals surface area contributed by atoms with Gasteiger partial charge in [0.15, 0.2) is 0 Å². The number of aromatic hydroxyl groups is 1. The maximum absolute atomic E-state index is 14.4. The van der Waals surface area contributed by atoms with Crippen LogP contribution < -0.4 is 10.3 Å². The van der Waals surface area contributed by atoms with Gasteiger partial charge in [0.05, 0.1) is 32.7 Å². The van der Waals surface area contributed by atoms with Gasteiger partial charge in [-0.2, -0.15) is 5.10 Å². The fraction of sp³-hybridized carbons (Fsp3) is 0.125. The summed E-state index contributed by atoms with van der Waals surface area (Å²) in [5.41, 5.74) is 2.49. The summed E-state index contributed by atoms with van der Waals surface area (Å²) in [6.45, 7) is 0. The van der Waals surface area contributed by atoms with Crippen LogP contribution in [0.5, 0.6) is 5.75 Å². The molecule has 3 amide bonds. The number of nitro benzene ring substituents is 2. The number of carbonyl (C=O) groups is 3. The van der Waals surface area contributed by atoms with Crippen molar-refractivity contribution in [3.63, 3.8) is 0 Å². The highest BCUT2D eigenvalue weighted by Crippen LogP contribution is 2.63. The number of carbonyl (C=O) groups excluding carboxylic acids is 3. The van der Waals surface area contributed by atoms with Crippen LogP contribution in [0.15, 0.2) is 96.1 Å². The Hall–Kier alpha value is -6.24. The lowest BCUT2D eigenvalue weighted by Crippen LogP contribution is -2.54. The third-order valence-corrected chi connectivity index (χ3v) is 8.87. The molecule has 0 unspecified atom stereocenters. The van der Waals surface area contributed by atoms with Crippen molar-refractivity contribution in [3.05, 3.63) is 139 Å². The van der Waals surface area contributed by atoms with Crippen LogP contribution in [0.25, 0.3) is 0 Å². The van der Waals surface area contributed by atoms with Crippen LogP contribution in [-0.4, -0.2) is 38.9 Å². The van der Waals surface area contributed by atoms with Gasteiger partial charge in [0.2, 0.25) is 11.8 Å². The van der Waals surface area contributed by atoms with E-state index in [2.05, 4.69) is 10.5 Å². The Kier molecular flexibility index (Phi) is 6.07. The largest absolute Gasteiger partial charge is 0.507 e. The number of amides is 3. The number of para-hydroxylation sites is 2. The first kappa shape index (κ1) is 27.6. The molecule has 2 bridgehead atoms. The van der Waals surface area contributed by atoms with Crippen molar-refractivity contribution < 1.29 is 29.3 Å². The molecule has 0 spiro atoms. The fourth-order valence-corrected chi connectivity index (χ4v) is 7.17. The van der Waals surface area contributed by atoms with Crippen LogP contribution >= 0.6 is 0 Å². The second kappa shape index (κ2) is 9.91. The molecule has 1 fully saturated rings. The quantitative estimate of drug-likeness (QED) is 0.142. The maximum atomic E-state index is 14.4. The summed E-state index contributed by atoms with van der Waals surface area (Å²) < 4.78 is 0. The van der Waals surface area contributed by atoms with E-state index in [0.717, 1.165) is 34.2 Å². The molecule has 1 saturated heterocycles. The summed E-state index contributed by atoms with van der Waals surface area (Å²) in [5, 5.41) is 37.6. The summed E-state index contributed by atoms with van der Waals surface area (Å²) in [7, 11) is 0. The molecule has 13 nitrogen and oxygen atoms in total. The Balaban J connectivity index is 1.39. The van der Waals surface area contributed by atoms with Gasteiger partial charge < -0.3 is 5.11 Å². The summed E-state index contributed by atoms with van der Waals surface area (Å²) in [6.07, 6.45) is 1.37. The number of imide groups is 1. The van der Waals surface area contributed by atoms with E-state index in [9.17, 15) is 39.7 Å². The zero-order valence-electron chi connectivity index (χ0n) is 23.1. The van der Waals surface area contributed by atoms with Crippen LogP contribution in [0.4, 0.5) is 17.1 Å². The van der Waals surface area contributed by atoms with E-state index in [1.807, 2.05) is 36.4 Å². The molecule has 2 atom stereocenters. The monoisotopic (exact) mass is 603 g/mol. The number of hydrogen-bond donors (Lipinski definition) is 2. The van der Waals surface area contributed by atoms with E-state index in [1.54, 1.807) is 12.1 Å². The van der Waals surface area contributed by atoms with Crippen molar-refractivity contribution in [1.82, 2.24) is 5.43 Å². The zero-order valence-corrected chi connectivity index (χ0v) is 23.1. The van der Waals surface area contributed by atoms with E-state index in [-0.39, 0.29) is 11.3 Å². The summed E-state index contributed by atoms with van der Waals surface area (Å²) >= 11 is 0. The molecule has 4 aromatic rings. The van der Waals surface area contributed by atoms with Gasteiger partial charge in [0, 0.05) is 30.3 Å². The van der Waals surface area contributed by atoms with Gasteiger partial charge in [-0.15, -0.1) is 0 Å². The first-order chi connectivity index (χ1) is 21.7. The normalized spacial score (nSPS) is 22.6. The van der Waals surface area contributed by atoms with Gasteiger partial charge in [0.25, 0.3) is 17.3 Å². The topological polar surface area (TPSA) is 185 Å². The molecule has 4 aromatic carbocycles. The minimum atomic E-state index is -1.39. The summed E-state index contributed by atoms with van der Waals surface area (Å²) in [5.74, 6) is -5.23. The molecule has 1 aliphatic heterocycles. The number of phenolic OH excluding ortho intramolecular Hbond substituents is 1. The SMILES string of the molecule is O=C(N/N=C\C12c3ccccc3C(c3ccccc31)[C@H]1C(=O)N(c3ccccc3[N+](=O)[O-])C(=O)[C@H]12)c1cc([N+](=O)[O-])ccc1O. The van der Waals surface area contributed by atoms with Gasteiger partial charge in [0.1, 0.15) is 11.4 Å². The van der Waals surface area contributed by atoms with Crippen LogP contribution in [0, 0.1) is 32.1 Å². The molecule has 222 valence electrons. The lowest BCUT2D eigenvalue weighted by atomic mass is 9.47. The van der Waals surface area contributed by atoms with Gasteiger partial charge in [-0.05, 0) is 34.4 Å². The van der Waals surface area contributed by atoms with E-state index in [0.29, 0.717) is 11.1 Å². The lowest BCUT2D eigenvalue weighted by molar-refractivity contribution is -0.384. The molecule has 3 aliphatic carbocycles. The number of non-ortho nitro benzene ring substituents is 1. The number of hydrogen-bond acceptors (Lipinski definition) is 9. The van der Waals surface area contributed by atoms with Gasteiger partial charge >= 0.3 is 0 Å². The molecule has 1 heterocycles. The number of hydrazone groups is 1. The summed E-state index contributed by atoms with van der Waals surface area (Å²) in [4.78, 5) is 64.4. The Morgan fingerprint density at radius 3 is 2.13 bits per heavy atom. The first-order valence-corrected chi connectivity index (χ1v) is 13.8. The average molecular weight is 604 g/mol. The molecular formula is C32H21N5O8. The van der Waals surface area contributed by atoms with Crippen LogP contribution in [0.3, 0.4) is 0 Å². The molecule has 0 saturated carbocycles. The highest BCUT2D eigenvalue weighted by atomic mass is 16.6. The molecule has 8 rings (SSSR count). The average Bonchev–Trinajstić information content (AvgIpc) is 3.31. The van der Waals surface area contributed by atoms with Crippen LogP contribution in [0.2, 0.25) is 0 Å². The smallest absolute Gasteiger partial charge is 0.293 e. The van der Waals surface area contributed by atoms with Crippen molar-refractivity contribution in [2.24, 2.45) is 16.9 Å². The van der Waals surface area contributed by atoms with Crippen molar-refractivity contribution in [3.8, 4) is 5.75 Å². The van der Waals surface area contributed by atoms with Gasteiger partial charge in [-0.3, -0.25) is 34.6 Å². The van der Waals surface area contributed by atoms with E-state index < -0.39 is 67.9 Å². The molecule has 4 aliphatic rings. The second-order valence-electron chi connectivity index (χ2n) is 10.9. The molecular weight excluding hydrogens is 582 g/mol. The number of nitro groups is 2. The minimum absolute atomic E-state index is 0.138. The van der Waals surface area contributed by atoms with E-state index in [4.69, 9.17) is 0 Å². The number of nitrogens with one attached hydrogen (secondary N) is 1. The third kappa shape index (κ3) is 3.80. The second-order valence-corrected chi connectivity index (χ2v) is 10.9. The Morgan fingerprint density at radius 1 is 0.867 bits per heavy atom. The molecule has 2 N–H and O–H groups in total. The Bertz CT molecular complexity index is 1980. The van der Waals surface area contributed by atoms with Crippen molar-refractivity contribution >= 4 is 41.0 Å². The molecule has 45 heavy (non-hydrogen) atoms. The third-order valence-electron chi connectivity index (χ3n) is 8.87. The Labute approximate surface area is 253 Å². The van der Waals surface area contributed by atoms with Crippen molar-refractivity contribution in [2.75, 3.05) is 4.90 Å². The number of benzene rings is 4. The number of rotatable bonds is 6. The predicted octanol–water partition coefficient (Wildman–Crippen LogP) is 4.18. The first-order valence-electron chi connectivity index (χ1n) is 13.8. The highest BCUT2D eigenvalue weighted by molar-refractivity contribution is 6.25. The standard InChI is InChI=1S/C32H21N5O8/c38-25-14-13-17(36(42)43)15-20(25)29(39)34-33-16-32-21-9-3-1-7-18(21)26(19-8-2-4-10-22(19)32)27-28(32)31(41)35(30(27)40)23-11-5-6-12-24(23)37(44)45/h1-16,26-28,38H,(H,34,39)/b33-16-/t26?,27-,28+,32?/m1/s1. The molecule has 0 aromatic heterocycles. The van der Waals surface area contributed by atoms with E-state index in [1.165, 1.54) is 30.5 Å². The van der Waals surface area contributed by atoms with Crippen molar-refractivity contribution in [1.29, 1.82) is 0 Å². The fourth-order valence-electron chi connectivity index (χ4n) is 7.17. The molecule has 13 heteroatoms. The summed E-state index contributed by atoms with van der Waals surface area (Å²) in [6, 6.07) is 23.1. The Morgan fingerprint density at radius 2 is 1.49 bits per heavy atom. The highest BCUT2D eigenvalue weighted by Gasteiger charge is 2.68. The number of anilines is 1. The zero-order chi connectivity index (χ0) is 31.6. The van der Waals surface area contributed by atoms with Crippen molar-refractivity contribution in [2.45, 2.75) is 11.3 Å². The van der Waals surface area contributed by atoms with Gasteiger partial charge in [-0.1, -0.05) is 60.7 Å². The van der Waals surface area contributed by atoms with Gasteiger partial charge in [-0.25, -0.2) is 10.3 Å². The molecule has 0 radical (unpaired) electrons.